The topological polar surface area (TPSA) is 35.5 Å². The van der Waals surface area contributed by atoms with Crippen LogP contribution in [0, 0.1) is 12.8 Å². The van der Waals surface area contributed by atoms with Crippen molar-refractivity contribution in [3.63, 3.8) is 0 Å². The van der Waals surface area contributed by atoms with E-state index >= 15 is 0 Å². The first kappa shape index (κ1) is 18.7. The number of esters is 1. The average molecular weight is 306 g/mol. The third-order valence-corrected chi connectivity index (χ3v) is 3.72. The number of carbonyl (C=O) groups excluding carboxylic acids is 1. The van der Waals surface area contributed by atoms with Crippen molar-refractivity contribution in [1.82, 2.24) is 0 Å². The molecule has 0 saturated carbocycles. The first-order chi connectivity index (χ1) is 10.5. The highest BCUT2D eigenvalue weighted by Gasteiger charge is 2.15. The zero-order valence-electron chi connectivity index (χ0n) is 14.4. The number of carbonyl (C=O) groups is 1. The van der Waals surface area contributed by atoms with Crippen LogP contribution in [0.4, 0.5) is 0 Å². The molecule has 0 spiro atoms. The van der Waals surface area contributed by atoms with Crippen molar-refractivity contribution in [2.24, 2.45) is 5.92 Å². The Balaban J connectivity index is 2.39. The maximum atomic E-state index is 12.1. The van der Waals surface area contributed by atoms with E-state index < -0.39 is 0 Å². The van der Waals surface area contributed by atoms with Crippen molar-refractivity contribution in [3.05, 3.63) is 35.4 Å². The molecule has 0 heterocycles. The summed E-state index contributed by atoms with van der Waals surface area (Å²) < 4.78 is 10.8. The van der Waals surface area contributed by atoms with E-state index in [0.717, 1.165) is 24.3 Å². The molecule has 1 unspecified atom stereocenters. The van der Waals surface area contributed by atoms with Gasteiger partial charge in [0.1, 0.15) is 6.10 Å². The molecule has 0 aliphatic rings. The van der Waals surface area contributed by atoms with Crippen molar-refractivity contribution in [2.45, 2.75) is 59.0 Å². The van der Waals surface area contributed by atoms with E-state index in [1.165, 1.54) is 19.3 Å². The van der Waals surface area contributed by atoms with Gasteiger partial charge in [0.05, 0.1) is 12.2 Å². The smallest absolute Gasteiger partial charge is 0.338 e. The molecule has 3 nitrogen and oxygen atoms in total. The highest BCUT2D eigenvalue weighted by molar-refractivity contribution is 5.89. The molecule has 0 amide bonds. The summed E-state index contributed by atoms with van der Waals surface area (Å²) in [6.45, 7) is 6.95. The minimum Gasteiger partial charge on any atom is -0.456 e. The Kier molecular flexibility index (Phi) is 8.83. The largest absolute Gasteiger partial charge is 0.456 e. The van der Waals surface area contributed by atoms with Gasteiger partial charge in [-0.1, -0.05) is 50.8 Å². The predicted molar refractivity (Wildman–Crippen MR) is 90.2 cm³/mol. The molecule has 22 heavy (non-hydrogen) atoms. The fourth-order valence-corrected chi connectivity index (χ4v) is 2.37. The number of hydrogen-bond acceptors (Lipinski definition) is 3. The Bertz CT molecular complexity index is 423. The molecule has 0 radical (unpaired) electrons. The molecule has 0 aliphatic heterocycles. The molecule has 0 aliphatic carbocycles. The van der Waals surface area contributed by atoms with Gasteiger partial charge in [-0.05, 0) is 37.8 Å². The van der Waals surface area contributed by atoms with Crippen LogP contribution < -0.4 is 0 Å². The second-order valence-corrected chi connectivity index (χ2v) is 6.38. The molecule has 0 aromatic heterocycles. The minimum absolute atomic E-state index is 0.155. The summed E-state index contributed by atoms with van der Waals surface area (Å²) in [5, 5.41) is 0. The summed E-state index contributed by atoms with van der Waals surface area (Å²) in [6.07, 6.45) is 5.46. The Labute approximate surface area is 135 Å². The molecule has 3 heteroatoms. The van der Waals surface area contributed by atoms with Crippen molar-refractivity contribution in [3.8, 4) is 0 Å². The summed E-state index contributed by atoms with van der Waals surface area (Å²) in [5.41, 5.74) is 1.74. The molecule has 0 fully saturated rings. The highest BCUT2D eigenvalue weighted by Crippen LogP contribution is 2.14. The van der Waals surface area contributed by atoms with Crippen LogP contribution >= 0.6 is 0 Å². The Hall–Kier alpha value is -1.35. The van der Waals surface area contributed by atoms with E-state index in [9.17, 15) is 4.79 Å². The van der Waals surface area contributed by atoms with Crippen LogP contribution in [0.15, 0.2) is 24.3 Å². The number of ether oxygens (including phenoxy) is 2. The fourth-order valence-electron chi connectivity index (χ4n) is 2.37. The molecule has 1 aromatic carbocycles. The maximum Gasteiger partial charge on any atom is 0.338 e. The number of aryl methyl sites for hydroxylation is 1. The van der Waals surface area contributed by atoms with Crippen LogP contribution in [0.25, 0.3) is 0 Å². The molecule has 1 atom stereocenters. The molecule has 0 N–H and O–H groups in total. The van der Waals surface area contributed by atoms with Crippen LogP contribution in [0.1, 0.15) is 61.9 Å². The van der Waals surface area contributed by atoms with Gasteiger partial charge in [-0.3, -0.25) is 0 Å². The zero-order valence-corrected chi connectivity index (χ0v) is 14.4. The van der Waals surface area contributed by atoms with Crippen molar-refractivity contribution in [2.75, 3.05) is 13.7 Å². The zero-order chi connectivity index (χ0) is 16.4. The maximum absolute atomic E-state index is 12.1. The van der Waals surface area contributed by atoms with E-state index in [1.807, 2.05) is 31.2 Å². The van der Waals surface area contributed by atoms with Gasteiger partial charge in [0.25, 0.3) is 0 Å². The number of hydrogen-bond donors (Lipinski definition) is 0. The van der Waals surface area contributed by atoms with Gasteiger partial charge in [-0.15, -0.1) is 0 Å². The Morgan fingerprint density at radius 3 is 2.27 bits per heavy atom. The fraction of sp³-hybridized carbons (Fsp3) is 0.632. The standard InChI is InChI=1S/C19H30O3/c1-15(2)8-6-5-7-9-18(14-21-4)22-19(20)17-12-10-16(3)11-13-17/h10-13,15,18H,5-9,14H2,1-4H3. The second-order valence-electron chi connectivity index (χ2n) is 6.38. The Morgan fingerprint density at radius 1 is 1.05 bits per heavy atom. The first-order valence-electron chi connectivity index (χ1n) is 8.29. The summed E-state index contributed by atoms with van der Waals surface area (Å²) >= 11 is 0. The minimum atomic E-state index is -0.260. The Morgan fingerprint density at radius 2 is 1.68 bits per heavy atom. The third-order valence-electron chi connectivity index (χ3n) is 3.72. The van der Waals surface area contributed by atoms with Gasteiger partial charge >= 0.3 is 5.97 Å². The molecular weight excluding hydrogens is 276 g/mol. The van der Waals surface area contributed by atoms with Crippen LogP contribution in [0.3, 0.4) is 0 Å². The van der Waals surface area contributed by atoms with E-state index in [1.54, 1.807) is 7.11 Å². The van der Waals surface area contributed by atoms with Crippen molar-refractivity contribution >= 4 is 5.97 Å². The van der Waals surface area contributed by atoms with Gasteiger partial charge in [0, 0.05) is 7.11 Å². The lowest BCUT2D eigenvalue weighted by Gasteiger charge is -2.17. The summed E-state index contributed by atoms with van der Waals surface area (Å²) in [5.74, 6) is 0.498. The predicted octanol–water partition coefficient (Wildman–Crippen LogP) is 4.77. The third kappa shape index (κ3) is 7.60. The summed E-state index contributed by atoms with van der Waals surface area (Å²) in [4.78, 5) is 12.1. The lowest BCUT2D eigenvalue weighted by Crippen LogP contribution is -2.23. The highest BCUT2D eigenvalue weighted by atomic mass is 16.6. The van der Waals surface area contributed by atoms with Crippen LogP contribution in [0.5, 0.6) is 0 Å². The van der Waals surface area contributed by atoms with Gasteiger partial charge in [-0.2, -0.15) is 0 Å². The molecule has 1 rings (SSSR count). The quantitative estimate of drug-likeness (QED) is 0.461. The van der Waals surface area contributed by atoms with Gasteiger partial charge in [0.2, 0.25) is 0 Å². The van der Waals surface area contributed by atoms with Gasteiger partial charge in [-0.25, -0.2) is 4.79 Å². The SMILES string of the molecule is COCC(CCCCCC(C)C)OC(=O)c1ccc(C)cc1. The van der Waals surface area contributed by atoms with Gasteiger partial charge < -0.3 is 9.47 Å². The number of rotatable bonds is 10. The normalized spacial score (nSPS) is 12.4. The molecule has 0 saturated heterocycles. The molecule has 0 bridgehead atoms. The number of benzene rings is 1. The number of unbranched alkanes of at least 4 members (excludes halogenated alkanes) is 2. The molecule has 124 valence electrons. The molecular formula is C19H30O3. The van der Waals surface area contributed by atoms with E-state index in [2.05, 4.69) is 13.8 Å². The van der Waals surface area contributed by atoms with Crippen LogP contribution in [-0.2, 0) is 9.47 Å². The second kappa shape index (κ2) is 10.4. The summed E-state index contributed by atoms with van der Waals surface area (Å²) in [7, 11) is 1.64. The lowest BCUT2D eigenvalue weighted by molar-refractivity contribution is 0.00236. The monoisotopic (exact) mass is 306 g/mol. The first-order valence-corrected chi connectivity index (χ1v) is 8.29. The van der Waals surface area contributed by atoms with E-state index in [-0.39, 0.29) is 12.1 Å². The molecule has 1 aromatic rings. The average Bonchev–Trinajstić information content (AvgIpc) is 2.47. The van der Waals surface area contributed by atoms with Crippen molar-refractivity contribution < 1.29 is 14.3 Å². The van der Waals surface area contributed by atoms with Crippen molar-refractivity contribution in [1.29, 1.82) is 0 Å². The van der Waals surface area contributed by atoms with Crippen LogP contribution in [-0.4, -0.2) is 25.8 Å². The lowest BCUT2D eigenvalue weighted by atomic mass is 10.0. The van der Waals surface area contributed by atoms with E-state index in [0.29, 0.717) is 12.2 Å². The van der Waals surface area contributed by atoms with Gasteiger partial charge in [0.15, 0.2) is 0 Å². The number of methoxy groups -OCH3 is 1. The van der Waals surface area contributed by atoms with Crippen LogP contribution in [0.2, 0.25) is 0 Å². The van der Waals surface area contributed by atoms with E-state index in [4.69, 9.17) is 9.47 Å². The summed E-state index contributed by atoms with van der Waals surface area (Å²) in [6, 6.07) is 7.47.